The lowest BCUT2D eigenvalue weighted by atomic mass is 10.1. The molecule has 1 unspecified atom stereocenters. The summed E-state index contributed by atoms with van der Waals surface area (Å²) >= 11 is 5.94. The number of hydrogen-bond donors (Lipinski definition) is 1. The first-order chi connectivity index (χ1) is 8.18. The first-order valence-electron chi connectivity index (χ1n) is 5.32. The predicted octanol–water partition coefficient (Wildman–Crippen LogP) is 3.01. The Bertz CT molecular complexity index is 501. The van der Waals surface area contributed by atoms with Crippen molar-refractivity contribution in [1.82, 2.24) is 15.0 Å². The van der Waals surface area contributed by atoms with Crippen LogP contribution in [-0.2, 0) is 0 Å². The van der Waals surface area contributed by atoms with Gasteiger partial charge in [-0.3, -0.25) is 4.98 Å². The van der Waals surface area contributed by atoms with Crippen LogP contribution >= 0.6 is 11.6 Å². The second-order valence-electron chi connectivity index (χ2n) is 3.79. The third kappa shape index (κ3) is 2.71. The smallest absolute Gasteiger partial charge is 0.137 e. The lowest BCUT2D eigenvalue weighted by Gasteiger charge is -2.16. The Morgan fingerprint density at radius 2 is 2.18 bits per heavy atom. The second kappa shape index (κ2) is 5.10. The number of pyridine rings is 1. The zero-order valence-corrected chi connectivity index (χ0v) is 10.4. The van der Waals surface area contributed by atoms with Gasteiger partial charge in [0.05, 0.1) is 6.04 Å². The van der Waals surface area contributed by atoms with Crippen molar-refractivity contribution in [2.45, 2.75) is 19.9 Å². The molecule has 0 saturated carbocycles. The van der Waals surface area contributed by atoms with E-state index in [1.807, 2.05) is 32.2 Å². The summed E-state index contributed by atoms with van der Waals surface area (Å²) in [5.41, 5.74) is 1.95. The van der Waals surface area contributed by atoms with E-state index in [2.05, 4.69) is 20.3 Å². The summed E-state index contributed by atoms with van der Waals surface area (Å²) in [7, 11) is 0. The van der Waals surface area contributed by atoms with Gasteiger partial charge in [0.1, 0.15) is 17.3 Å². The molecule has 0 spiro atoms. The lowest BCUT2D eigenvalue weighted by Crippen LogP contribution is -2.09. The van der Waals surface area contributed by atoms with Gasteiger partial charge in [0, 0.05) is 18.0 Å². The molecule has 88 valence electrons. The zero-order chi connectivity index (χ0) is 12.3. The minimum atomic E-state index is 0.119. The van der Waals surface area contributed by atoms with Crippen LogP contribution in [0.5, 0.6) is 0 Å². The third-order valence-electron chi connectivity index (χ3n) is 2.56. The maximum Gasteiger partial charge on any atom is 0.137 e. The predicted molar refractivity (Wildman–Crippen MR) is 68.1 cm³/mol. The van der Waals surface area contributed by atoms with Gasteiger partial charge in [0.25, 0.3) is 0 Å². The molecular weight excluding hydrogens is 236 g/mol. The van der Waals surface area contributed by atoms with E-state index in [0.717, 1.165) is 16.9 Å². The van der Waals surface area contributed by atoms with Gasteiger partial charge < -0.3 is 5.32 Å². The van der Waals surface area contributed by atoms with Crippen LogP contribution in [0.4, 0.5) is 5.82 Å². The summed E-state index contributed by atoms with van der Waals surface area (Å²) in [6.45, 7) is 3.94. The van der Waals surface area contributed by atoms with Crippen molar-refractivity contribution in [2.75, 3.05) is 5.32 Å². The number of halogens is 1. The van der Waals surface area contributed by atoms with Gasteiger partial charge in [-0.1, -0.05) is 17.7 Å². The van der Waals surface area contributed by atoms with Crippen molar-refractivity contribution in [3.05, 3.63) is 47.1 Å². The van der Waals surface area contributed by atoms with Gasteiger partial charge >= 0.3 is 0 Å². The molecule has 0 aromatic carbocycles. The van der Waals surface area contributed by atoms with E-state index in [1.165, 1.54) is 6.33 Å². The SMILES string of the molecule is Cc1c(Cl)ncnc1NC(C)c1cccnc1. The van der Waals surface area contributed by atoms with Gasteiger partial charge in [0.2, 0.25) is 0 Å². The van der Waals surface area contributed by atoms with Crippen LogP contribution in [0.3, 0.4) is 0 Å². The molecule has 1 N–H and O–H groups in total. The fourth-order valence-corrected chi connectivity index (χ4v) is 1.63. The van der Waals surface area contributed by atoms with Crippen molar-refractivity contribution in [1.29, 1.82) is 0 Å². The van der Waals surface area contributed by atoms with E-state index >= 15 is 0 Å². The summed E-state index contributed by atoms with van der Waals surface area (Å²) < 4.78 is 0. The average Bonchev–Trinajstić information content (AvgIpc) is 2.36. The Morgan fingerprint density at radius 1 is 1.35 bits per heavy atom. The molecule has 2 aromatic heterocycles. The van der Waals surface area contributed by atoms with Gasteiger partial charge in [-0.05, 0) is 25.5 Å². The summed E-state index contributed by atoms with van der Waals surface area (Å²) in [6.07, 6.45) is 5.03. The molecule has 2 aromatic rings. The first-order valence-corrected chi connectivity index (χ1v) is 5.70. The Morgan fingerprint density at radius 3 is 2.88 bits per heavy atom. The van der Waals surface area contributed by atoms with Crippen molar-refractivity contribution in [2.24, 2.45) is 0 Å². The van der Waals surface area contributed by atoms with Crippen LogP contribution in [-0.4, -0.2) is 15.0 Å². The molecule has 0 aliphatic heterocycles. The molecule has 0 aliphatic carbocycles. The second-order valence-corrected chi connectivity index (χ2v) is 4.15. The standard InChI is InChI=1S/C12H13ClN4/c1-8-11(13)15-7-16-12(8)17-9(2)10-4-3-5-14-6-10/h3-7,9H,1-2H3,(H,15,16,17). The Labute approximate surface area is 105 Å². The lowest BCUT2D eigenvalue weighted by molar-refractivity contribution is 0.860. The fraction of sp³-hybridized carbons (Fsp3) is 0.250. The highest BCUT2D eigenvalue weighted by Gasteiger charge is 2.09. The molecule has 1 atom stereocenters. The molecule has 0 saturated heterocycles. The van der Waals surface area contributed by atoms with Crippen molar-refractivity contribution in [3.63, 3.8) is 0 Å². The molecule has 5 heteroatoms. The van der Waals surface area contributed by atoms with E-state index < -0.39 is 0 Å². The molecule has 2 heterocycles. The Hall–Kier alpha value is -1.68. The highest BCUT2D eigenvalue weighted by molar-refractivity contribution is 6.30. The van der Waals surface area contributed by atoms with Crippen LogP contribution in [0, 0.1) is 6.92 Å². The monoisotopic (exact) mass is 248 g/mol. The maximum atomic E-state index is 5.94. The fourth-order valence-electron chi connectivity index (χ4n) is 1.49. The number of hydrogen-bond acceptors (Lipinski definition) is 4. The average molecular weight is 249 g/mol. The maximum absolute atomic E-state index is 5.94. The van der Waals surface area contributed by atoms with Crippen LogP contribution in [0.15, 0.2) is 30.9 Å². The Balaban J connectivity index is 2.19. The quantitative estimate of drug-likeness (QED) is 0.849. The molecule has 0 fully saturated rings. The normalized spacial score (nSPS) is 12.2. The molecular formula is C12H13ClN4. The van der Waals surface area contributed by atoms with Crippen molar-refractivity contribution in [3.8, 4) is 0 Å². The first kappa shape index (κ1) is 11.8. The van der Waals surface area contributed by atoms with E-state index in [0.29, 0.717) is 5.15 Å². The summed E-state index contributed by atoms with van der Waals surface area (Å²) in [5, 5.41) is 3.76. The topological polar surface area (TPSA) is 50.7 Å². The van der Waals surface area contributed by atoms with E-state index in [-0.39, 0.29) is 6.04 Å². The number of nitrogens with one attached hydrogen (secondary N) is 1. The molecule has 0 bridgehead atoms. The summed E-state index contributed by atoms with van der Waals surface area (Å²) in [6, 6.07) is 4.05. The minimum absolute atomic E-state index is 0.119. The van der Waals surface area contributed by atoms with Gasteiger partial charge in [-0.25, -0.2) is 9.97 Å². The highest BCUT2D eigenvalue weighted by atomic mass is 35.5. The minimum Gasteiger partial charge on any atom is -0.363 e. The van der Waals surface area contributed by atoms with Gasteiger partial charge in [0.15, 0.2) is 0 Å². The molecule has 4 nitrogen and oxygen atoms in total. The third-order valence-corrected chi connectivity index (χ3v) is 2.94. The van der Waals surface area contributed by atoms with E-state index in [9.17, 15) is 0 Å². The van der Waals surface area contributed by atoms with Crippen LogP contribution in [0.2, 0.25) is 5.15 Å². The van der Waals surface area contributed by atoms with Crippen molar-refractivity contribution < 1.29 is 0 Å². The van der Waals surface area contributed by atoms with Gasteiger partial charge in [-0.2, -0.15) is 0 Å². The van der Waals surface area contributed by atoms with E-state index in [4.69, 9.17) is 11.6 Å². The van der Waals surface area contributed by atoms with Crippen LogP contribution in [0.1, 0.15) is 24.1 Å². The largest absolute Gasteiger partial charge is 0.363 e. The Kier molecular flexibility index (Phi) is 3.54. The molecule has 0 amide bonds. The molecule has 0 aliphatic rings. The zero-order valence-electron chi connectivity index (χ0n) is 9.68. The number of rotatable bonds is 3. The molecule has 2 rings (SSSR count). The summed E-state index contributed by atoms with van der Waals surface area (Å²) in [4.78, 5) is 12.2. The highest BCUT2D eigenvalue weighted by Crippen LogP contribution is 2.22. The summed E-state index contributed by atoms with van der Waals surface area (Å²) in [5.74, 6) is 0.751. The van der Waals surface area contributed by atoms with Crippen LogP contribution in [0.25, 0.3) is 0 Å². The number of aromatic nitrogens is 3. The number of nitrogens with zero attached hydrogens (tertiary/aromatic N) is 3. The van der Waals surface area contributed by atoms with Crippen LogP contribution < -0.4 is 5.32 Å². The van der Waals surface area contributed by atoms with Crippen molar-refractivity contribution >= 4 is 17.4 Å². The van der Waals surface area contributed by atoms with Gasteiger partial charge in [-0.15, -0.1) is 0 Å². The number of anilines is 1. The van der Waals surface area contributed by atoms with E-state index in [1.54, 1.807) is 6.20 Å². The molecule has 0 radical (unpaired) electrons. The molecule has 17 heavy (non-hydrogen) atoms.